The largest absolute Gasteiger partial charge is 0.490 e. The van der Waals surface area contributed by atoms with Crippen molar-refractivity contribution in [3.05, 3.63) is 93.7 Å². The van der Waals surface area contributed by atoms with Crippen LogP contribution in [0.15, 0.2) is 71.2 Å². The molecule has 0 atom stereocenters. The summed E-state index contributed by atoms with van der Waals surface area (Å²) in [5.41, 5.74) is 2.94. The Labute approximate surface area is 178 Å². The Bertz CT molecular complexity index is 1060. The molecule has 0 radical (unpaired) electrons. The number of halogens is 2. The zero-order chi connectivity index (χ0) is 20.6. The maximum Gasteiger partial charge on any atom is 0.161 e. The Morgan fingerprint density at radius 3 is 2.52 bits per heavy atom. The molecule has 0 unspecified atom stereocenters. The van der Waals surface area contributed by atoms with Crippen molar-refractivity contribution in [3.8, 4) is 17.6 Å². The molecule has 29 heavy (non-hydrogen) atoms. The molecule has 0 saturated carbocycles. The Morgan fingerprint density at radius 1 is 1.03 bits per heavy atom. The Hall–Kier alpha value is -3.10. The van der Waals surface area contributed by atoms with Crippen molar-refractivity contribution in [2.24, 2.45) is 0 Å². The fourth-order valence-corrected chi connectivity index (χ4v) is 3.03. The second kappa shape index (κ2) is 9.90. The van der Waals surface area contributed by atoms with Gasteiger partial charge in [-0.15, -0.1) is 0 Å². The average Bonchev–Trinajstić information content (AvgIpc) is 2.72. The first-order valence-corrected chi connectivity index (χ1v) is 9.90. The van der Waals surface area contributed by atoms with Gasteiger partial charge in [-0.05, 0) is 66.1 Å². The van der Waals surface area contributed by atoms with Crippen molar-refractivity contribution >= 4 is 27.6 Å². The molecule has 0 heterocycles. The van der Waals surface area contributed by atoms with E-state index >= 15 is 0 Å². The number of nitrogens with zero attached hydrogens (tertiary/aromatic N) is 1. The van der Waals surface area contributed by atoms with Crippen molar-refractivity contribution in [1.29, 1.82) is 5.26 Å². The summed E-state index contributed by atoms with van der Waals surface area (Å²) < 4.78 is 25.8. The third-order valence-electron chi connectivity index (χ3n) is 4.14. The Morgan fingerprint density at radius 2 is 1.83 bits per heavy atom. The molecule has 0 amide bonds. The Balaban J connectivity index is 1.84. The summed E-state index contributed by atoms with van der Waals surface area (Å²) in [6.45, 7) is 2.60. The van der Waals surface area contributed by atoms with Crippen LogP contribution < -0.4 is 9.47 Å². The summed E-state index contributed by atoms with van der Waals surface area (Å²) in [5, 5.41) is 9.55. The number of hydrogen-bond acceptors (Lipinski definition) is 3. The highest BCUT2D eigenvalue weighted by Crippen LogP contribution is 2.31. The third-order valence-corrected chi connectivity index (χ3v) is 4.67. The van der Waals surface area contributed by atoms with Crippen LogP contribution in [0.25, 0.3) is 11.6 Å². The van der Waals surface area contributed by atoms with Crippen LogP contribution in [0, 0.1) is 17.1 Å². The molecule has 0 spiro atoms. The first-order valence-electron chi connectivity index (χ1n) is 9.11. The maximum absolute atomic E-state index is 13.3. The molecule has 146 valence electrons. The highest BCUT2D eigenvalue weighted by molar-refractivity contribution is 9.10. The fourth-order valence-electron chi connectivity index (χ4n) is 2.77. The van der Waals surface area contributed by atoms with Crippen LogP contribution in [0.1, 0.15) is 23.6 Å². The first kappa shape index (κ1) is 20.6. The molecule has 0 aliphatic rings. The van der Waals surface area contributed by atoms with Gasteiger partial charge in [-0.2, -0.15) is 5.26 Å². The second-order valence-electron chi connectivity index (χ2n) is 6.23. The van der Waals surface area contributed by atoms with Crippen molar-refractivity contribution < 1.29 is 13.9 Å². The number of allylic oxidation sites excluding steroid dienone is 1. The zero-order valence-corrected chi connectivity index (χ0v) is 17.4. The van der Waals surface area contributed by atoms with E-state index in [2.05, 4.69) is 22.0 Å². The van der Waals surface area contributed by atoms with Gasteiger partial charge in [0.1, 0.15) is 12.4 Å². The maximum atomic E-state index is 13.3. The minimum atomic E-state index is -0.298. The SMILES string of the molecule is CCOc1cc(/C=C(\C#N)c2ccc(Br)cc2)ccc1OCc1cccc(F)c1. The highest BCUT2D eigenvalue weighted by atomic mass is 79.9. The van der Waals surface area contributed by atoms with Crippen LogP contribution in [0.2, 0.25) is 0 Å². The lowest BCUT2D eigenvalue weighted by molar-refractivity contribution is 0.269. The molecule has 3 aromatic rings. The van der Waals surface area contributed by atoms with Gasteiger partial charge >= 0.3 is 0 Å². The molecule has 3 aromatic carbocycles. The van der Waals surface area contributed by atoms with Gasteiger partial charge in [0.2, 0.25) is 0 Å². The molecular weight excluding hydrogens is 433 g/mol. The standard InChI is InChI=1S/C24H19BrFNO2/c1-2-28-24-14-17(12-20(15-27)19-7-9-21(25)10-8-19)6-11-23(24)29-16-18-4-3-5-22(26)13-18/h3-14H,2,16H2,1H3/b20-12+. The van der Waals surface area contributed by atoms with Crippen LogP contribution in [0.3, 0.4) is 0 Å². The summed E-state index contributed by atoms with van der Waals surface area (Å²) in [6, 6.07) is 21.6. The second-order valence-corrected chi connectivity index (χ2v) is 7.15. The van der Waals surface area contributed by atoms with Crippen molar-refractivity contribution in [2.75, 3.05) is 6.61 Å². The van der Waals surface area contributed by atoms with Gasteiger partial charge in [-0.1, -0.05) is 46.3 Å². The summed E-state index contributed by atoms with van der Waals surface area (Å²) in [6.07, 6.45) is 1.81. The molecule has 5 heteroatoms. The van der Waals surface area contributed by atoms with E-state index in [4.69, 9.17) is 9.47 Å². The van der Waals surface area contributed by atoms with Gasteiger partial charge in [0, 0.05) is 4.47 Å². The van der Waals surface area contributed by atoms with Crippen molar-refractivity contribution in [1.82, 2.24) is 0 Å². The third kappa shape index (κ3) is 5.69. The summed E-state index contributed by atoms with van der Waals surface area (Å²) in [4.78, 5) is 0. The quantitative estimate of drug-likeness (QED) is 0.299. The predicted molar refractivity (Wildman–Crippen MR) is 116 cm³/mol. The van der Waals surface area contributed by atoms with Crippen LogP contribution in [0.4, 0.5) is 4.39 Å². The number of benzene rings is 3. The van der Waals surface area contributed by atoms with Gasteiger partial charge < -0.3 is 9.47 Å². The van der Waals surface area contributed by atoms with Crippen LogP contribution in [-0.4, -0.2) is 6.61 Å². The molecule has 0 fully saturated rings. The predicted octanol–water partition coefficient (Wildman–Crippen LogP) is 6.63. The van der Waals surface area contributed by atoms with Gasteiger partial charge in [-0.3, -0.25) is 0 Å². The summed E-state index contributed by atoms with van der Waals surface area (Å²) >= 11 is 3.40. The lowest BCUT2D eigenvalue weighted by Gasteiger charge is -2.13. The molecule has 3 rings (SSSR count). The van der Waals surface area contributed by atoms with E-state index in [1.807, 2.05) is 49.4 Å². The number of nitriles is 1. The van der Waals surface area contributed by atoms with E-state index < -0.39 is 0 Å². The molecular formula is C24H19BrFNO2. The smallest absolute Gasteiger partial charge is 0.161 e. The normalized spacial score (nSPS) is 11.0. The van der Waals surface area contributed by atoms with Crippen LogP contribution in [-0.2, 0) is 6.61 Å². The van der Waals surface area contributed by atoms with Gasteiger partial charge in [0.15, 0.2) is 11.5 Å². The average molecular weight is 452 g/mol. The molecule has 0 aromatic heterocycles. The van der Waals surface area contributed by atoms with Crippen molar-refractivity contribution in [3.63, 3.8) is 0 Å². The van der Waals surface area contributed by atoms with Crippen LogP contribution in [0.5, 0.6) is 11.5 Å². The summed E-state index contributed by atoms with van der Waals surface area (Å²) in [5.74, 6) is 0.842. The fraction of sp³-hybridized carbons (Fsp3) is 0.125. The molecule has 0 bridgehead atoms. The molecule has 0 saturated heterocycles. The molecule has 0 N–H and O–H groups in total. The molecule has 3 nitrogen and oxygen atoms in total. The minimum Gasteiger partial charge on any atom is -0.490 e. The summed E-state index contributed by atoms with van der Waals surface area (Å²) in [7, 11) is 0. The van der Waals surface area contributed by atoms with Crippen molar-refractivity contribution in [2.45, 2.75) is 13.5 Å². The van der Waals surface area contributed by atoms with E-state index in [1.54, 1.807) is 18.2 Å². The first-order chi connectivity index (χ1) is 14.1. The van der Waals surface area contributed by atoms with E-state index in [1.165, 1.54) is 12.1 Å². The van der Waals surface area contributed by atoms with Gasteiger partial charge in [0.25, 0.3) is 0 Å². The van der Waals surface area contributed by atoms with Gasteiger partial charge in [-0.25, -0.2) is 4.39 Å². The van der Waals surface area contributed by atoms with E-state index in [-0.39, 0.29) is 12.4 Å². The lowest BCUT2D eigenvalue weighted by atomic mass is 10.0. The van der Waals surface area contributed by atoms with E-state index in [0.717, 1.165) is 21.2 Å². The van der Waals surface area contributed by atoms with E-state index in [0.29, 0.717) is 23.7 Å². The van der Waals surface area contributed by atoms with Gasteiger partial charge in [0.05, 0.1) is 18.2 Å². The minimum absolute atomic E-state index is 0.232. The molecule has 0 aliphatic heterocycles. The number of hydrogen-bond donors (Lipinski definition) is 0. The van der Waals surface area contributed by atoms with Crippen LogP contribution >= 0.6 is 15.9 Å². The highest BCUT2D eigenvalue weighted by Gasteiger charge is 2.08. The monoisotopic (exact) mass is 451 g/mol. The van der Waals surface area contributed by atoms with E-state index in [9.17, 15) is 9.65 Å². The lowest BCUT2D eigenvalue weighted by Crippen LogP contribution is -2.00. The number of rotatable bonds is 7. The zero-order valence-electron chi connectivity index (χ0n) is 15.9. The topological polar surface area (TPSA) is 42.2 Å². The molecule has 0 aliphatic carbocycles. The number of ether oxygens (including phenoxy) is 2. The Kier molecular flexibility index (Phi) is 7.04.